The summed E-state index contributed by atoms with van der Waals surface area (Å²) in [4.78, 5) is 11.1. The minimum Gasteiger partial charge on any atom is -0.465 e. The van der Waals surface area contributed by atoms with Crippen LogP contribution in [0.3, 0.4) is 0 Å². The molecule has 1 aliphatic rings. The van der Waals surface area contributed by atoms with Crippen LogP contribution in [0, 0.1) is 17.8 Å². The molecular formula is C18H25BrO4. The van der Waals surface area contributed by atoms with Gasteiger partial charge in [-0.3, -0.25) is 4.79 Å². The van der Waals surface area contributed by atoms with E-state index in [4.69, 9.17) is 14.2 Å². The van der Waals surface area contributed by atoms with Crippen LogP contribution in [0.15, 0.2) is 24.3 Å². The Hall–Kier alpha value is -1.07. The van der Waals surface area contributed by atoms with E-state index in [2.05, 4.69) is 36.7 Å². The highest BCUT2D eigenvalue weighted by Gasteiger charge is 2.40. The number of ether oxygens (including phenoxy) is 3. The van der Waals surface area contributed by atoms with Gasteiger partial charge in [-0.1, -0.05) is 48.8 Å². The summed E-state index contributed by atoms with van der Waals surface area (Å²) in [6.07, 6.45) is -0.478. The van der Waals surface area contributed by atoms with Crippen molar-refractivity contribution in [2.45, 2.75) is 45.4 Å². The molecule has 0 bridgehead atoms. The van der Waals surface area contributed by atoms with E-state index >= 15 is 0 Å². The number of carbonyl (C=O) groups excluding carboxylic acids is 1. The lowest BCUT2D eigenvalue weighted by molar-refractivity contribution is -0.223. The molecule has 1 saturated heterocycles. The van der Waals surface area contributed by atoms with Gasteiger partial charge < -0.3 is 14.2 Å². The van der Waals surface area contributed by atoms with Gasteiger partial charge in [0.1, 0.15) is 12.4 Å². The maximum Gasteiger partial charge on any atom is 0.302 e. The van der Waals surface area contributed by atoms with E-state index in [-0.39, 0.29) is 30.9 Å². The highest BCUT2D eigenvalue weighted by Crippen LogP contribution is 2.36. The lowest BCUT2D eigenvalue weighted by Gasteiger charge is -2.43. The van der Waals surface area contributed by atoms with E-state index in [0.29, 0.717) is 11.8 Å². The van der Waals surface area contributed by atoms with Crippen LogP contribution < -0.4 is 4.74 Å². The second-order valence-electron chi connectivity index (χ2n) is 6.32. The number of esters is 1. The van der Waals surface area contributed by atoms with E-state index in [1.54, 1.807) is 0 Å². The number of halogens is 1. The SMILES string of the molecule is CC(=O)OCC1OC(Oc2ccc(CBr)cc2)C(C)C(C)C1C. The summed E-state index contributed by atoms with van der Waals surface area (Å²) in [5, 5.41) is 0.822. The molecule has 0 saturated carbocycles. The summed E-state index contributed by atoms with van der Waals surface area (Å²) < 4.78 is 17.3. The maximum atomic E-state index is 11.1. The zero-order chi connectivity index (χ0) is 17.0. The van der Waals surface area contributed by atoms with Gasteiger partial charge >= 0.3 is 5.97 Å². The zero-order valence-corrected chi connectivity index (χ0v) is 15.7. The molecule has 1 heterocycles. The molecule has 23 heavy (non-hydrogen) atoms. The van der Waals surface area contributed by atoms with E-state index in [9.17, 15) is 4.79 Å². The zero-order valence-electron chi connectivity index (χ0n) is 14.1. The van der Waals surface area contributed by atoms with Gasteiger partial charge in [-0.25, -0.2) is 0 Å². The third kappa shape index (κ3) is 4.70. The molecular weight excluding hydrogens is 360 g/mol. The first-order valence-corrected chi connectivity index (χ1v) is 9.15. The highest BCUT2D eigenvalue weighted by molar-refractivity contribution is 9.08. The van der Waals surface area contributed by atoms with Crippen LogP contribution >= 0.6 is 15.9 Å². The van der Waals surface area contributed by atoms with Gasteiger partial charge in [-0.15, -0.1) is 0 Å². The summed E-state index contributed by atoms with van der Waals surface area (Å²) in [5.74, 6) is 1.49. The fraction of sp³-hybridized carbons (Fsp3) is 0.611. The molecule has 1 aromatic carbocycles. The van der Waals surface area contributed by atoms with E-state index in [1.807, 2.05) is 24.3 Å². The lowest BCUT2D eigenvalue weighted by Crippen LogP contribution is -2.49. The molecule has 1 fully saturated rings. The average Bonchev–Trinajstić information content (AvgIpc) is 2.54. The Balaban J connectivity index is 2.04. The van der Waals surface area contributed by atoms with Crippen molar-refractivity contribution in [3.05, 3.63) is 29.8 Å². The quantitative estimate of drug-likeness (QED) is 0.564. The number of rotatable bonds is 5. The molecule has 0 aromatic heterocycles. The van der Waals surface area contributed by atoms with Gasteiger partial charge in [0.15, 0.2) is 0 Å². The van der Waals surface area contributed by atoms with Gasteiger partial charge in [-0.2, -0.15) is 0 Å². The predicted molar refractivity (Wildman–Crippen MR) is 92.5 cm³/mol. The van der Waals surface area contributed by atoms with Gasteiger partial charge in [-0.05, 0) is 29.5 Å². The van der Waals surface area contributed by atoms with E-state index in [1.165, 1.54) is 12.5 Å². The standard InChI is InChI=1S/C18H25BrO4/c1-11-12(2)17(10-21-14(4)20)23-18(13(11)3)22-16-7-5-15(9-19)6-8-16/h5-8,11-13,17-18H,9-10H2,1-4H3. The first kappa shape index (κ1) is 18.3. The van der Waals surface area contributed by atoms with Gasteiger partial charge in [0.05, 0.1) is 6.10 Å². The smallest absolute Gasteiger partial charge is 0.302 e. The fourth-order valence-electron chi connectivity index (χ4n) is 2.80. The number of hydrogen-bond acceptors (Lipinski definition) is 4. The van der Waals surface area contributed by atoms with Crippen LogP contribution in [0.5, 0.6) is 5.75 Å². The largest absolute Gasteiger partial charge is 0.465 e. The summed E-state index contributed by atoms with van der Waals surface area (Å²) in [6.45, 7) is 8.16. The molecule has 0 N–H and O–H groups in total. The first-order chi connectivity index (χ1) is 10.9. The van der Waals surface area contributed by atoms with Crippen molar-refractivity contribution in [2.24, 2.45) is 17.8 Å². The Morgan fingerprint density at radius 3 is 2.35 bits per heavy atom. The van der Waals surface area contributed by atoms with Gasteiger partial charge in [0.25, 0.3) is 0 Å². The topological polar surface area (TPSA) is 44.8 Å². The van der Waals surface area contributed by atoms with Crippen LogP contribution in [-0.2, 0) is 19.6 Å². The molecule has 0 spiro atoms. The first-order valence-electron chi connectivity index (χ1n) is 8.02. The third-order valence-corrected chi connectivity index (χ3v) is 5.41. The molecule has 2 rings (SSSR count). The summed E-state index contributed by atoms with van der Waals surface area (Å²) in [6, 6.07) is 7.97. The summed E-state index contributed by atoms with van der Waals surface area (Å²) in [7, 11) is 0. The van der Waals surface area contributed by atoms with Gasteiger partial charge in [0.2, 0.25) is 6.29 Å². The number of hydrogen-bond donors (Lipinski definition) is 0. The molecule has 4 nitrogen and oxygen atoms in total. The van der Waals surface area contributed by atoms with Crippen molar-refractivity contribution < 1.29 is 19.0 Å². The fourth-order valence-corrected chi connectivity index (χ4v) is 3.18. The average molecular weight is 385 g/mol. The van der Waals surface area contributed by atoms with Crippen LogP contribution in [0.25, 0.3) is 0 Å². The van der Waals surface area contributed by atoms with Crippen molar-refractivity contribution in [2.75, 3.05) is 6.61 Å². The Labute approximate surface area is 146 Å². The monoisotopic (exact) mass is 384 g/mol. The third-order valence-electron chi connectivity index (χ3n) is 4.76. The van der Waals surface area contributed by atoms with Crippen molar-refractivity contribution in [1.82, 2.24) is 0 Å². The van der Waals surface area contributed by atoms with Gasteiger partial charge in [0, 0.05) is 18.2 Å². The van der Waals surface area contributed by atoms with Crippen molar-refractivity contribution in [3.8, 4) is 5.75 Å². The molecule has 1 aliphatic heterocycles. The molecule has 0 amide bonds. The lowest BCUT2D eigenvalue weighted by atomic mass is 9.79. The number of carbonyl (C=O) groups is 1. The van der Waals surface area contributed by atoms with E-state index < -0.39 is 0 Å². The van der Waals surface area contributed by atoms with Crippen LogP contribution in [-0.4, -0.2) is 25.0 Å². The summed E-state index contributed by atoms with van der Waals surface area (Å²) in [5.41, 5.74) is 1.20. The summed E-state index contributed by atoms with van der Waals surface area (Å²) >= 11 is 3.43. The van der Waals surface area contributed by atoms with Crippen molar-refractivity contribution in [3.63, 3.8) is 0 Å². The maximum absolute atomic E-state index is 11.1. The Morgan fingerprint density at radius 2 is 1.78 bits per heavy atom. The predicted octanol–water partition coefficient (Wildman–Crippen LogP) is 4.16. The van der Waals surface area contributed by atoms with Crippen molar-refractivity contribution >= 4 is 21.9 Å². The normalized spacial score (nSPS) is 30.7. The molecule has 0 aliphatic carbocycles. The molecule has 5 atom stereocenters. The Bertz CT molecular complexity index is 516. The second-order valence-corrected chi connectivity index (χ2v) is 6.88. The molecule has 5 heteroatoms. The molecule has 5 unspecified atom stereocenters. The molecule has 1 aromatic rings. The van der Waals surface area contributed by atoms with Crippen molar-refractivity contribution in [1.29, 1.82) is 0 Å². The van der Waals surface area contributed by atoms with Crippen LogP contribution in [0.2, 0.25) is 0 Å². The Kier molecular flexibility index (Phi) is 6.48. The molecule has 128 valence electrons. The Morgan fingerprint density at radius 1 is 1.13 bits per heavy atom. The minimum atomic E-state index is -0.337. The van der Waals surface area contributed by atoms with Crippen LogP contribution in [0.1, 0.15) is 33.3 Å². The highest BCUT2D eigenvalue weighted by atomic mass is 79.9. The number of benzene rings is 1. The van der Waals surface area contributed by atoms with Crippen LogP contribution in [0.4, 0.5) is 0 Å². The van der Waals surface area contributed by atoms with E-state index in [0.717, 1.165) is 11.1 Å². The molecule has 0 radical (unpaired) electrons. The second kappa shape index (κ2) is 8.15. The minimum absolute atomic E-state index is 0.142. The number of alkyl halides is 1.